The van der Waals surface area contributed by atoms with Gasteiger partial charge in [0.05, 0.1) is 12.0 Å². The van der Waals surface area contributed by atoms with Crippen molar-refractivity contribution in [3.05, 3.63) is 0 Å². The Kier molecular flexibility index (Phi) is 5.24. The molecule has 0 aromatic carbocycles. The van der Waals surface area contributed by atoms with Crippen LogP contribution in [-0.2, 0) is 0 Å². The molecule has 0 saturated carbocycles. The summed E-state index contributed by atoms with van der Waals surface area (Å²) in [5.74, 6) is 0.833. The maximum Gasteiger partial charge on any atom is 0.0524 e. The van der Waals surface area contributed by atoms with Gasteiger partial charge in [-0.3, -0.25) is 4.90 Å². The van der Waals surface area contributed by atoms with Gasteiger partial charge in [-0.05, 0) is 21.0 Å². The SMILES string of the molecule is CC(SCCO)N(C)C. The molecule has 1 unspecified atom stereocenters. The zero-order valence-corrected chi connectivity index (χ0v) is 7.11. The van der Waals surface area contributed by atoms with Crippen molar-refractivity contribution in [2.75, 3.05) is 26.5 Å². The third-order valence-electron chi connectivity index (χ3n) is 1.18. The molecular weight excluding hydrogens is 134 g/mol. The van der Waals surface area contributed by atoms with E-state index in [2.05, 4.69) is 11.8 Å². The van der Waals surface area contributed by atoms with E-state index < -0.39 is 0 Å². The molecule has 2 nitrogen and oxygen atoms in total. The first-order valence-corrected chi connectivity index (χ1v) is 4.12. The van der Waals surface area contributed by atoms with Crippen LogP contribution in [0.25, 0.3) is 0 Å². The fraction of sp³-hybridized carbons (Fsp3) is 1.00. The molecule has 0 amide bonds. The van der Waals surface area contributed by atoms with Gasteiger partial charge in [0.25, 0.3) is 0 Å². The van der Waals surface area contributed by atoms with E-state index in [4.69, 9.17) is 5.11 Å². The van der Waals surface area contributed by atoms with Gasteiger partial charge in [-0.2, -0.15) is 0 Å². The fourth-order valence-electron chi connectivity index (χ4n) is 0.372. The summed E-state index contributed by atoms with van der Waals surface area (Å²) < 4.78 is 0. The molecule has 0 aromatic heterocycles. The highest BCUT2D eigenvalue weighted by atomic mass is 32.2. The molecule has 1 N–H and O–H groups in total. The number of nitrogens with zero attached hydrogens (tertiary/aromatic N) is 1. The van der Waals surface area contributed by atoms with Gasteiger partial charge < -0.3 is 5.11 Å². The van der Waals surface area contributed by atoms with Crippen LogP contribution < -0.4 is 0 Å². The van der Waals surface area contributed by atoms with Gasteiger partial charge in [0.2, 0.25) is 0 Å². The third-order valence-corrected chi connectivity index (χ3v) is 2.50. The average molecular weight is 149 g/mol. The molecule has 0 bridgehead atoms. The molecule has 0 heterocycles. The molecule has 0 radical (unpaired) electrons. The first-order chi connectivity index (χ1) is 4.18. The van der Waals surface area contributed by atoms with Gasteiger partial charge in [0.15, 0.2) is 0 Å². The molecule has 0 aromatic rings. The summed E-state index contributed by atoms with van der Waals surface area (Å²) in [6.07, 6.45) is 0. The van der Waals surface area contributed by atoms with Crippen molar-refractivity contribution in [2.45, 2.75) is 12.3 Å². The van der Waals surface area contributed by atoms with E-state index in [9.17, 15) is 0 Å². The summed E-state index contributed by atoms with van der Waals surface area (Å²) in [5, 5.41) is 8.97. The Labute approximate surface area is 61.2 Å². The molecule has 0 aliphatic carbocycles. The maximum atomic E-state index is 8.46. The second-order valence-electron chi connectivity index (χ2n) is 2.16. The maximum absolute atomic E-state index is 8.46. The number of rotatable bonds is 4. The lowest BCUT2D eigenvalue weighted by atomic mass is 10.7. The van der Waals surface area contributed by atoms with Crippen LogP contribution in [0.1, 0.15) is 6.92 Å². The Morgan fingerprint density at radius 3 is 2.44 bits per heavy atom. The van der Waals surface area contributed by atoms with Gasteiger partial charge in [0.1, 0.15) is 0 Å². The number of hydrogen-bond acceptors (Lipinski definition) is 3. The van der Waals surface area contributed by atoms with E-state index >= 15 is 0 Å². The van der Waals surface area contributed by atoms with Crippen LogP contribution in [0.15, 0.2) is 0 Å². The molecular formula is C6H15NOS. The van der Waals surface area contributed by atoms with Crippen molar-refractivity contribution in [3.63, 3.8) is 0 Å². The highest BCUT2D eigenvalue weighted by Gasteiger charge is 2.01. The summed E-state index contributed by atoms with van der Waals surface area (Å²) in [7, 11) is 4.07. The molecule has 1 atom stereocenters. The minimum absolute atomic E-state index is 0.281. The van der Waals surface area contributed by atoms with Crippen LogP contribution in [0.5, 0.6) is 0 Å². The predicted octanol–water partition coefficient (Wildman–Crippen LogP) is 0.619. The van der Waals surface area contributed by atoms with Gasteiger partial charge >= 0.3 is 0 Å². The number of aliphatic hydroxyl groups is 1. The highest BCUT2D eigenvalue weighted by Crippen LogP contribution is 2.10. The van der Waals surface area contributed by atoms with E-state index in [1.165, 1.54) is 0 Å². The summed E-state index contributed by atoms with van der Waals surface area (Å²) in [6, 6.07) is 0. The van der Waals surface area contributed by atoms with Gasteiger partial charge in [0, 0.05) is 5.75 Å². The first kappa shape index (κ1) is 9.27. The molecule has 0 spiro atoms. The smallest absolute Gasteiger partial charge is 0.0524 e. The Bertz CT molecular complexity index is 68.1. The number of aliphatic hydroxyl groups excluding tert-OH is 1. The molecule has 0 aliphatic heterocycles. The Balaban J connectivity index is 3.16. The van der Waals surface area contributed by atoms with Crippen LogP contribution in [0.4, 0.5) is 0 Å². The Hall–Kier alpha value is 0.270. The van der Waals surface area contributed by atoms with Crippen LogP contribution in [0.3, 0.4) is 0 Å². The van der Waals surface area contributed by atoms with Crippen LogP contribution in [0, 0.1) is 0 Å². The lowest BCUT2D eigenvalue weighted by Gasteiger charge is -2.17. The average Bonchev–Trinajstić information content (AvgIpc) is 1.82. The second-order valence-corrected chi connectivity index (χ2v) is 3.58. The topological polar surface area (TPSA) is 23.5 Å². The van der Waals surface area contributed by atoms with Crippen molar-refractivity contribution in [1.82, 2.24) is 4.90 Å². The lowest BCUT2D eigenvalue weighted by molar-refractivity contribution is 0.321. The van der Waals surface area contributed by atoms with Crippen molar-refractivity contribution < 1.29 is 5.11 Å². The van der Waals surface area contributed by atoms with Crippen molar-refractivity contribution in [1.29, 1.82) is 0 Å². The molecule has 0 saturated heterocycles. The Morgan fingerprint density at radius 2 is 2.11 bits per heavy atom. The number of thioether (sulfide) groups is 1. The summed E-state index contributed by atoms with van der Waals surface area (Å²) >= 11 is 1.76. The molecule has 0 aliphatic rings. The van der Waals surface area contributed by atoms with Crippen LogP contribution >= 0.6 is 11.8 Å². The molecule has 56 valence electrons. The van der Waals surface area contributed by atoms with E-state index in [-0.39, 0.29) is 6.61 Å². The molecule has 0 fully saturated rings. The monoisotopic (exact) mass is 149 g/mol. The van der Waals surface area contributed by atoms with E-state index in [1.807, 2.05) is 14.1 Å². The highest BCUT2D eigenvalue weighted by molar-refractivity contribution is 7.99. The summed E-state index contributed by atoms with van der Waals surface area (Å²) in [5.41, 5.74) is 0. The van der Waals surface area contributed by atoms with E-state index in [0.29, 0.717) is 5.37 Å². The second kappa shape index (κ2) is 5.09. The normalized spacial score (nSPS) is 14.3. The zero-order chi connectivity index (χ0) is 7.28. The van der Waals surface area contributed by atoms with Crippen molar-refractivity contribution >= 4 is 11.8 Å². The van der Waals surface area contributed by atoms with Crippen LogP contribution in [0.2, 0.25) is 0 Å². The minimum Gasteiger partial charge on any atom is -0.396 e. The summed E-state index contributed by atoms with van der Waals surface area (Å²) in [6.45, 7) is 2.41. The standard InChI is InChI=1S/C6H15NOS/c1-6(7(2)3)9-5-4-8/h6,8H,4-5H2,1-3H3. The third kappa shape index (κ3) is 4.75. The lowest BCUT2D eigenvalue weighted by Crippen LogP contribution is -2.21. The zero-order valence-electron chi connectivity index (χ0n) is 6.29. The molecule has 0 rings (SSSR count). The largest absolute Gasteiger partial charge is 0.396 e. The minimum atomic E-state index is 0.281. The van der Waals surface area contributed by atoms with E-state index in [1.54, 1.807) is 11.8 Å². The first-order valence-electron chi connectivity index (χ1n) is 3.07. The van der Waals surface area contributed by atoms with Gasteiger partial charge in [-0.1, -0.05) is 0 Å². The fourth-order valence-corrected chi connectivity index (χ4v) is 1.12. The Morgan fingerprint density at radius 1 is 1.56 bits per heavy atom. The summed E-state index contributed by atoms with van der Waals surface area (Å²) in [4.78, 5) is 2.13. The molecule has 9 heavy (non-hydrogen) atoms. The van der Waals surface area contributed by atoms with Crippen LogP contribution in [-0.4, -0.2) is 41.8 Å². The molecule has 3 heteroatoms. The van der Waals surface area contributed by atoms with Crippen molar-refractivity contribution in [3.8, 4) is 0 Å². The van der Waals surface area contributed by atoms with E-state index in [0.717, 1.165) is 5.75 Å². The number of hydrogen-bond donors (Lipinski definition) is 1. The van der Waals surface area contributed by atoms with Crippen molar-refractivity contribution in [2.24, 2.45) is 0 Å². The quantitative estimate of drug-likeness (QED) is 0.593. The van der Waals surface area contributed by atoms with Gasteiger partial charge in [-0.25, -0.2) is 0 Å². The van der Waals surface area contributed by atoms with Gasteiger partial charge in [-0.15, -0.1) is 11.8 Å². The predicted molar refractivity (Wildman–Crippen MR) is 42.7 cm³/mol.